The van der Waals surface area contributed by atoms with Crippen LogP contribution in [0, 0.1) is 11.3 Å². The molecule has 2 nitrogen and oxygen atoms in total. The Labute approximate surface area is 79.2 Å². The van der Waals surface area contributed by atoms with E-state index >= 15 is 0 Å². The van der Waals surface area contributed by atoms with E-state index in [-0.39, 0.29) is 0 Å². The summed E-state index contributed by atoms with van der Waals surface area (Å²) in [7, 11) is 0. The van der Waals surface area contributed by atoms with E-state index in [1.54, 1.807) is 6.20 Å². The number of rotatable bonds is 5. The van der Waals surface area contributed by atoms with Gasteiger partial charge in [0.15, 0.2) is 0 Å². The third-order valence-corrected chi connectivity index (χ3v) is 1.98. The number of aryl methyl sites for hydroxylation is 1. The fraction of sp³-hybridized carbons (Fsp3) is 0.455. The number of unbranched alkanes of at least 4 members (excludes halogenated alkanes) is 3. The maximum Gasteiger partial charge on any atom is 0.0621 e. The fourth-order valence-corrected chi connectivity index (χ4v) is 1.26. The molecule has 1 rings (SSSR count). The topological polar surface area (TPSA) is 36.7 Å². The van der Waals surface area contributed by atoms with Crippen molar-refractivity contribution in [2.45, 2.75) is 32.1 Å². The van der Waals surface area contributed by atoms with Crippen LogP contribution in [0.15, 0.2) is 24.5 Å². The lowest BCUT2D eigenvalue weighted by atomic mass is 10.1. The van der Waals surface area contributed by atoms with Crippen molar-refractivity contribution in [1.29, 1.82) is 5.26 Å². The highest BCUT2D eigenvalue weighted by Crippen LogP contribution is 2.05. The van der Waals surface area contributed by atoms with Crippen LogP contribution in [-0.2, 0) is 6.42 Å². The molecule has 13 heavy (non-hydrogen) atoms. The smallest absolute Gasteiger partial charge is 0.0621 e. The molecule has 2 heteroatoms. The van der Waals surface area contributed by atoms with Crippen molar-refractivity contribution in [2.75, 3.05) is 0 Å². The molecule has 0 atom stereocenters. The first-order valence-electron chi connectivity index (χ1n) is 4.69. The van der Waals surface area contributed by atoms with Gasteiger partial charge < -0.3 is 0 Å². The molecule has 0 saturated carbocycles. The second-order valence-electron chi connectivity index (χ2n) is 3.08. The van der Waals surface area contributed by atoms with Crippen molar-refractivity contribution < 1.29 is 0 Å². The highest BCUT2D eigenvalue weighted by atomic mass is 14.6. The predicted molar refractivity (Wildman–Crippen MR) is 52.0 cm³/mol. The van der Waals surface area contributed by atoms with Crippen LogP contribution in [-0.4, -0.2) is 4.98 Å². The molecule has 0 spiro atoms. The van der Waals surface area contributed by atoms with Gasteiger partial charge >= 0.3 is 0 Å². The second-order valence-corrected chi connectivity index (χ2v) is 3.08. The Morgan fingerprint density at radius 3 is 2.92 bits per heavy atom. The Bertz CT molecular complexity index is 261. The van der Waals surface area contributed by atoms with Crippen LogP contribution in [0.4, 0.5) is 0 Å². The molecule has 0 unspecified atom stereocenters. The first kappa shape index (κ1) is 9.73. The molecule has 0 radical (unpaired) electrons. The van der Waals surface area contributed by atoms with Gasteiger partial charge in [0.25, 0.3) is 0 Å². The molecule has 1 heterocycles. The number of hydrogen-bond acceptors (Lipinski definition) is 2. The van der Waals surface area contributed by atoms with Crippen LogP contribution < -0.4 is 0 Å². The second kappa shape index (κ2) is 6.19. The van der Waals surface area contributed by atoms with E-state index in [1.165, 1.54) is 5.56 Å². The highest BCUT2D eigenvalue weighted by molar-refractivity contribution is 5.08. The summed E-state index contributed by atoms with van der Waals surface area (Å²) < 4.78 is 0. The van der Waals surface area contributed by atoms with Crippen LogP contribution in [0.1, 0.15) is 31.2 Å². The molecule has 0 amide bonds. The first-order chi connectivity index (χ1) is 6.43. The molecular weight excluding hydrogens is 160 g/mol. The van der Waals surface area contributed by atoms with Gasteiger partial charge in [-0.15, -0.1) is 0 Å². The summed E-state index contributed by atoms with van der Waals surface area (Å²) in [5, 5.41) is 8.32. The Kier molecular flexibility index (Phi) is 4.63. The number of aromatic nitrogens is 1. The summed E-state index contributed by atoms with van der Waals surface area (Å²) in [5.41, 5.74) is 1.29. The normalized spacial score (nSPS) is 9.46. The molecule has 0 saturated heterocycles. The lowest BCUT2D eigenvalue weighted by Crippen LogP contribution is -1.86. The van der Waals surface area contributed by atoms with Gasteiger partial charge in [-0.25, -0.2) is 0 Å². The van der Waals surface area contributed by atoms with Crippen molar-refractivity contribution in [1.82, 2.24) is 4.98 Å². The predicted octanol–water partition coefficient (Wildman–Crippen LogP) is 2.71. The van der Waals surface area contributed by atoms with Gasteiger partial charge in [-0.05, 0) is 30.9 Å². The van der Waals surface area contributed by atoms with Crippen LogP contribution in [0.5, 0.6) is 0 Å². The van der Waals surface area contributed by atoms with E-state index in [9.17, 15) is 0 Å². The molecule has 0 fully saturated rings. The zero-order valence-corrected chi connectivity index (χ0v) is 7.74. The highest BCUT2D eigenvalue weighted by Gasteiger charge is 1.92. The van der Waals surface area contributed by atoms with Crippen LogP contribution in [0.3, 0.4) is 0 Å². The first-order valence-corrected chi connectivity index (χ1v) is 4.69. The molecule has 68 valence electrons. The standard InChI is InChI=1S/C11H14N2/c12-8-4-2-1-3-6-11-7-5-9-13-10-11/h5,7,9-10H,1-4,6H2. The summed E-state index contributed by atoms with van der Waals surface area (Å²) in [6, 6.07) is 6.21. The molecule has 0 bridgehead atoms. The Balaban J connectivity index is 2.11. The molecule has 0 aliphatic rings. The van der Waals surface area contributed by atoms with Gasteiger partial charge in [0, 0.05) is 18.8 Å². The van der Waals surface area contributed by atoms with Crippen LogP contribution >= 0.6 is 0 Å². The van der Waals surface area contributed by atoms with E-state index in [0.29, 0.717) is 6.42 Å². The molecule has 0 N–H and O–H groups in total. The minimum absolute atomic E-state index is 0.688. The van der Waals surface area contributed by atoms with Crippen LogP contribution in [0.2, 0.25) is 0 Å². The van der Waals surface area contributed by atoms with Crippen molar-refractivity contribution in [3.05, 3.63) is 30.1 Å². The minimum Gasteiger partial charge on any atom is -0.264 e. The van der Waals surface area contributed by atoms with E-state index in [0.717, 1.165) is 25.7 Å². The number of hydrogen-bond donors (Lipinski definition) is 0. The fourth-order valence-electron chi connectivity index (χ4n) is 1.26. The maximum absolute atomic E-state index is 8.32. The molecular formula is C11H14N2. The SMILES string of the molecule is N#CCCCCCc1cccnc1. The van der Waals surface area contributed by atoms with Crippen molar-refractivity contribution >= 4 is 0 Å². The monoisotopic (exact) mass is 174 g/mol. The average Bonchev–Trinajstić information content (AvgIpc) is 2.19. The van der Waals surface area contributed by atoms with Crippen LogP contribution in [0.25, 0.3) is 0 Å². The maximum atomic E-state index is 8.32. The molecule has 0 aliphatic carbocycles. The Morgan fingerprint density at radius 1 is 1.31 bits per heavy atom. The lowest BCUT2D eigenvalue weighted by molar-refractivity contribution is 0.689. The largest absolute Gasteiger partial charge is 0.264 e. The van der Waals surface area contributed by atoms with Crippen molar-refractivity contribution in [3.63, 3.8) is 0 Å². The van der Waals surface area contributed by atoms with E-state index < -0.39 is 0 Å². The summed E-state index contributed by atoms with van der Waals surface area (Å²) in [6.45, 7) is 0. The number of nitrogens with zero attached hydrogens (tertiary/aromatic N) is 2. The van der Waals surface area contributed by atoms with Gasteiger partial charge in [-0.3, -0.25) is 4.98 Å². The molecule has 1 aromatic rings. The van der Waals surface area contributed by atoms with Gasteiger partial charge in [0.1, 0.15) is 0 Å². The molecule has 0 aliphatic heterocycles. The lowest BCUT2D eigenvalue weighted by Gasteiger charge is -1.98. The number of pyridine rings is 1. The van der Waals surface area contributed by atoms with Crippen molar-refractivity contribution in [3.8, 4) is 6.07 Å². The minimum atomic E-state index is 0.688. The quantitative estimate of drug-likeness (QED) is 0.643. The Hall–Kier alpha value is -1.36. The number of nitriles is 1. The summed E-state index contributed by atoms with van der Waals surface area (Å²) in [4.78, 5) is 4.05. The molecule has 0 aromatic carbocycles. The third-order valence-electron chi connectivity index (χ3n) is 1.98. The van der Waals surface area contributed by atoms with Gasteiger partial charge in [-0.2, -0.15) is 5.26 Å². The van der Waals surface area contributed by atoms with E-state index in [1.807, 2.05) is 12.3 Å². The third kappa shape index (κ3) is 4.27. The summed E-state index contributed by atoms with van der Waals surface area (Å²) in [6.07, 6.45) is 8.79. The van der Waals surface area contributed by atoms with Gasteiger partial charge in [0.2, 0.25) is 0 Å². The van der Waals surface area contributed by atoms with E-state index in [4.69, 9.17) is 5.26 Å². The van der Waals surface area contributed by atoms with Gasteiger partial charge in [0.05, 0.1) is 6.07 Å². The summed E-state index contributed by atoms with van der Waals surface area (Å²) in [5.74, 6) is 0. The zero-order valence-electron chi connectivity index (χ0n) is 7.74. The Morgan fingerprint density at radius 2 is 2.23 bits per heavy atom. The average molecular weight is 174 g/mol. The van der Waals surface area contributed by atoms with E-state index in [2.05, 4.69) is 17.1 Å². The molecule has 1 aromatic heterocycles. The van der Waals surface area contributed by atoms with Gasteiger partial charge in [-0.1, -0.05) is 12.5 Å². The summed E-state index contributed by atoms with van der Waals surface area (Å²) >= 11 is 0. The zero-order chi connectivity index (χ0) is 9.36. The van der Waals surface area contributed by atoms with Crippen molar-refractivity contribution in [2.24, 2.45) is 0 Å².